The molecule has 158 valence electrons. The Kier molecular flexibility index (Phi) is 5.90. The normalized spacial score (nSPS) is 18.3. The fraction of sp³-hybridized carbons (Fsp3) is 0.261. The lowest BCUT2D eigenvalue weighted by atomic mass is 9.89. The molecule has 2 unspecified atom stereocenters. The van der Waals surface area contributed by atoms with E-state index in [4.69, 9.17) is 9.72 Å². The van der Waals surface area contributed by atoms with Crippen molar-refractivity contribution < 1.29 is 9.53 Å². The molecule has 1 aromatic carbocycles. The topological polar surface area (TPSA) is 88.8 Å². The number of aryl methyl sites for hydroxylation is 1. The van der Waals surface area contributed by atoms with Crippen LogP contribution >= 0.6 is 11.3 Å². The number of aromatic nitrogens is 2. The minimum absolute atomic E-state index is 0.170. The molecule has 0 saturated heterocycles. The van der Waals surface area contributed by atoms with Gasteiger partial charge in [0.25, 0.3) is 0 Å². The predicted octanol–water partition coefficient (Wildman–Crippen LogP) is 4.73. The van der Waals surface area contributed by atoms with Crippen LogP contribution in [0, 0.1) is 6.92 Å². The number of pyridine rings is 1. The number of amides is 2. The summed E-state index contributed by atoms with van der Waals surface area (Å²) in [4.78, 5) is 29.5. The molecule has 0 fully saturated rings. The van der Waals surface area contributed by atoms with E-state index in [1.165, 1.54) is 0 Å². The van der Waals surface area contributed by atoms with Crippen molar-refractivity contribution in [2.75, 3.05) is 7.11 Å². The van der Waals surface area contributed by atoms with Gasteiger partial charge in [-0.3, -0.25) is 4.99 Å². The van der Waals surface area contributed by atoms with Crippen LogP contribution < -0.4 is 10.1 Å². The summed E-state index contributed by atoms with van der Waals surface area (Å²) in [6.45, 7) is 8.10. The molecular weight excluding hydrogens is 410 g/mol. The lowest BCUT2D eigenvalue weighted by Gasteiger charge is -2.29. The van der Waals surface area contributed by atoms with Gasteiger partial charge in [0.15, 0.2) is 0 Å². The summed E-state index contributed by atoms with van der Waals surface area (Å²) in [6.07, 6.45) is 1.72. The number of hydrogen-bond donors (Lipinski definition) is 1. The molecule has 1 aliphatic heterocycles. The van der Waals surface area contributed by atoms with E-state index < -0.39 is 0 Å². The molecule has 0 radical (unpaired) electrons. The Morgan fingerprint density at radius 2 is 2.10 bits per heavy atom. The number of benzene rings is 1. The molecule has 0 bridgehead atoms. The first-order valence-corrected chi connectivity index (χ1v) is 10.7. The van der Waals surface area contributed by atoms with Gasteiger partial charge in [0.05, 0.1) is 31.3 Å². The molecule has 3 aromatic rings. The highest BCUT2D eigenvalue weighted by atomic mass is 32.1. The average Bonchev–Trinajstić information content (AvgIpc) is 3.23. The van der Waals surface area contributed by atoms with Gasteiger partial charge in [-0.15, -0.1) is 11.3 Å². The number of nitrogens with one attached hydrogen (secondary N) is 1. The van der Waals surface area contributed by atoms with Crippen LogP contribution in [0.25, 0.3) is 11.3 Å². The maximum Gasteiger partial charge on any atom is 0.341 e. The van der Waals surface area contributed by atoms with Gasteiger partial charge in [0.1, 0.15) is 5.01 Å². The summed E-state index contributed by atoms with van der Waals surface area (Å²) in [5, 5.41) is 5.92. The quantitative estimate of drug-likeness (QED) is 0.569. The number of ether oxygens (including phenoxy) is 1. The largest absolute Gasteiger partial charge is 0.481 e. The summed E-state index contributed by atoms with van der Waals surface area (Å²) >= 11 is 1.57. The van der Waals surface area contributed by atoms with Crippen molar-refractivity contribution in [1.29, 1.82) is 0 Å². The third-order valence-corrected chi connectivity index (χ3v) is 6.24. The van der Waals surface area contributed by atoms with Crippen molar-refractivity contribution in [3.05, 3.63) is 63.6 Å². The number of thiazole rings is 1. The van der Waals surface area contributed by atoms with E-state index in [-0.39, 0.29) is 18.0 Å². The van der Waals surface area contributed by atoms with Gasteiger partial charge >= 0.3 is 6.03 Å². The number of rotatable bonds is 6. The molecule has 31 heavy (non-hydrogen) atoms. The van der Waals surface area contributed by atoms with Gasteiger partial charge in [0, 0.05) is 28.9 Å². The Morgan fingerprint density at radius 1 is 1.26 bits per heavy atom. The van der Waals surface area contributed by atoms with Crippen LogP contribution in [0.5, 0.6) is 5.88 Å². The molecule has 1 aliphatic rings. The third-order valence-electron chi connectivity index (χ3n) is 5.32. The standard InChI is InChI=1S/C23H23N5O2S/c1-13-9-15(10-24-3)5-7-17(13)18-12-31-22(27-18)20-14(2)26-23(29)28-21(20)16-6-8-19(30-4)25-11-16/h5-9,11-12,20-21H,3,10H2,1-2,4H3,(H,28,29). The van der Waals surface area contributed by atoms with Crippen molar-refractivity contribution in [1.82, 2.24) is 15.3 Å². The van der Waals surface area contributed by atoms with E-state index in [1.807, 2.05) is 13.0 Å². The number of hydrogen-bond acceptors (Lipinski definition) is 6. The number of aliphatic imine (C=N–C) groups is 2. The van der Waals surface area contributed by atoms with Crippen LogP contribution in [-0.2, 0) is 6.54 Å². The summed E-state index contributed by atoms with van der Waals surface area (Å²) < 4.78 is 5.16. The number of methoxy groups -OCH3 is 1. The third kappa shape index (κ3) is 4.25. The van der Waals surface area contributed by atoms with Crippen molar-refractivity contribution in [2.24, 2.45) is 9.98 Å². The monoisotopic (exact) mass is 433 g/mol. The molecule has 0 spiro atoms. The van der Waals surface area contributed by atoms with Crippen LogP contribution in [0.1, 0.15) is 40.6 Å². The van der Waals surface area contributed by atoms with Crippen molar-refractivity contribution in [3.63, 3.8) is 0 Å². The second-order valence-electron chi connectivity index (χ2n) is 7.39. The molecule has 4 rings (SSSR count). The molecule has 2 aromatic heterocycles. The summed E-state index contributed by atoms with van der Waals surface area (Å²) in [6, 6.07) is 9.28. The second-order valence-corrected chi connectivity index (χ2v) is 8.28. The maximum absolute atomic E-state index is 12.1. The van der Waals surface area contributed by atoms with Crippen LogP contribution in [0.2, 0.25) is 0 Å². The molecule has 1 N–H and O–H groups in total. The molecule has 0 saturated carbocycles. The number of carbonyl (C=O) groups excluding carboxylic acids is 1. The molecule has 7 nitrogen and oxygen atoms in total. The Hall–Kier alpha value is -3.39. The minimum atomic E-state index is -0.353. The summed E-state index contributed by atoms with van der Waals surface area (Å²) in [5.74, 6) is 0.353. The smallest absolute Gasteiger partial charge is 0.341 e. The van der Waals surface area contributed by atoms with E-state index in [2.05, 4.69) is 57.5 Å². The molecule has 3 heterocycles. The fourth-order valence-corrected chi connectivity index (χ4v) is 4.82. The van der Waals surface area contributed by atoms with Crippen LogP contribution in [0.15, 0.2) is 51.9 Å². The number of carbonyl (C=O) groups is 1. The molecular formula is C23H23N5O2S. The summed E-state index contributed by atoms with van der Waals surface area (Å²) in [5.41, 5.74) is 5.85. The first-order chi connectivity index (χ1) is 15.0. The van der Waals surface area contributed by atoms with Gasteiger partial charge in [-0.2, -0.15) is 0 Å². The zero-order chi connectivity index (χ0) is 22.0. The van der Waals surface area contributed by atoms with Gasteiger partial charge in [-0.05, 0) is 37.3 Å². The highest BCUT2D eigenvalue weighted by molar-refractivity contribution is 7.10. The molecule has 2 atom stereocenters. The van der Waals surface area contributed by atoms with Crippen LogP contribution in [0.3, 0.4) is 0 Å². The van der Waals surface area contributed by atoms with Crippen LogP contribution in [-0.4, -0.2) is 35.5 Å². The molecule has 8 heteroatoms. The van der Waals surface area contributed by atoms with Gasteiger partial charge in [0.2, 0.25) is 5.88 Å². The zero-order valence-electron chi connectivity index (χ0n) is 17.6. The highest BCUT2D eigenvalue weighted by Crippen LogP contribution is 2.38. The fourth-order valence-electron chi connectivity index (χ4n) is 3.81. The van der Waals surface area contributed by atoms with Crippen LogP contribution in [0.4, 0.5) is 4.79 Å². The predicted molar refractivity (Wildman–Crippen MR) is 123 cm³/mol. The van der Waals surface area contributed by atoms with Gasteiger partial charge in [-0.1, -0.05) is 24.3 Å². The lowest BCUT2D eigenvalue weighted by molar-refractivity contribution is 0.243. The van der Waals surface area contributed by atoms with Gasteiger partial charge in [-0.25, -0.2) is 19.8 Å². The Bertz CT molecular complexity index is 1150. The van der Waals surface area contributed by atoms with Gasteiger partial charge < -0.3 is 10.1 Å². The Balaban J connectivity index is 1.69. The van der Waals surface area contributed by atoms with Crippen molar-refractivity contribution in [2.45, 2.75) is 32.4 Å². The number of nitrogens with zero attached hydrogens (tertiary/aromatic N) is 4. The summed E-state index contributed by atoms with van der Waals surface area (Å²) in [7, 11) is 1.57. The minimum Gasteiger partial charge on any atom is -0.481 e. The van der Waals surface area contributed by atoms with E-state index in [9.17, 15) is 4.79 Å². The molecule has 0 aliphatic carbocycles. The van der Waals surface area contributed by atoms with Crippen molar-refractivity contribution >= 4 is 29.8 Å². The first-order valence-electron chi connectivity index (χ1n) is 9.83. The second kappa shape index (κ2) is 8.77. The first kappa shape index (κ1) is 20.9. The Labute approximate surface area is 185 Å². The van der Waals surface area contributed by atoms with E-state index in [0.717, 1.165) is 38.7 Å². The lowest BCUT2D eigenvalue weighted by Crippen LogP contribution is -2.38. The van der Waals surface area contributed by atoms with E-state index in [1.54, 1.807) is 30.7 Å². The van der Waals surface area contributed by atoms with E-state index in [0.29, 0.717) is 12.4 Å². The SMILES string of the molecule is C=NCc1ccc(-c2csc(C3C(C)=NC(=O)NC3c3ccc(OC)nc3)n2)c(C)c1. The van der Waals surface area contributed by atoms with E-state index >= 15 is 0 Å². The molecule has 2 amide bonds. The zero-order valence-corrected chi connectivity index (χ0v) is 18.4. The van der Waals surface area contributed by atoms with Crippen molar-refractivity contribution in [3.8, 4) is 17.1 Å². The Morgan fingerprint density at radius 3 is 2.77 bits per heavy atom. The maximum atomic E-state index is 12.1. The number of urea groups is 1. The average molecular weight is 434 g/mol. The highest BCUT2D eigenvalue weighted by Gasteiger charge is 2.35.